The number of amides is 2. The van der Waals surface area contributed by atoms with Crippen LogP contribution < -0.4 is 10.6 Å². The van der Waals surface area contributed by atoms with E-state index in [4.69, 9.17) is 11.6 Å². The van der Waals surface area contributed by atoms with Crippen LogP contribution in [0.25, 0.3) is 0 Å². The Morgan fingerprint density at radius 1 is 0.966 bits per heavy atom. The van der Waals surface area contributed by atoms with Gasteiger partial charge >= 0.3 is 6.03 Å². The Morgan fingerprint density at radius 3 is 2.24 bits per heavy atom. The van der Waals surface area contributed by atoms with Crippen molar-refractivity contribution in [3.05, 3.63) is 88.7 Å². The number of carbonyl (C=O) groups excluding carboxylic acids is 1. The molecular weight excluding hydrogens is 415 g/mol. The van der Waals surface area contributed by atoms with E-state index >= 15 is 0 Å². The Bertz CT molecular complexity index is 1150. The smallest absolute Gasteiger partial charge is 0.308 e. The van der Waals surface area contributed by atoms with Gasteiger partial charge in [-0.1, -0.05) is 48.0 Å². The largest absolute Gasteiger partial charge is 0.323 e. The SMILES string of the molecule is Cc1ccc(NC(=O)Nc2ccc(F)c(Cl)c2)cc1S(=O)(=O)Cc1ccccc1. The summed E-state index contributed by atoms with van der Waals surface area (Å²) in [6.45, 7) is 1.70. The standard InChI is InChI=1S/C21H18ClFN2O3S/c1-14-7-8-17(25-21(26)24-16-9-10-19(23)18(22)11-16)12-20(14)29(27,28)13-15-5-3-2-4-6-15/h2-12H,13H2,1H3,(H2,24,25,26). The fraction of sp³-hybridized carbons (Fsp3) is 0.0952. The van der Waals surface area contributed by atoms with Gasteiger partial charge in [0, 0.05) is 11.4 Å². The molecule has 0 aliphatic heterocycles. The number of carbonyl (C=O) groups is 1. The minimum Gasteiger partial charge on any atom is -0.308 e. The van der Waals surface area contributed by atoms with Crippen LogP contribution in [0.3, 0.4) is 0 Å². The van der Waals surface area contributed by atoms with Crippen LogP contribution in [0.1, 0.15) is 11.1 Å². The molecule has 0 spiro atoms. The van der Waals surface area contributed by atoms with E-state index in [9.17, 15) is 17.6 Å². The van der Waals surface area contributed by atoms with Gasteiger partial charge in [0.25, 0.3) is 0 Å². The summed E-state index contributed by atoms with van der Waals surface area (Å²) in [4.78, 5) is 12.3. The van der Waals surface area contributed by atoms with Gasteiger partial charge in [-0.25, -0.2) is 17.6 Å². The number of halogens is 2. The summed E-state index contributed by atoms with van der Waals surface area (Å²) in [5, 5.41) is 4.98. The minimum absolute atomic E-state index is 0.118. The normalized spacial score (nSPS) is 11.1. The lowest BCUT2D eigenvalue weighted by Gasteiger charge is -2.12. The van der Waals surface area contributed by atoms with Crippen molar-refractivity contribution in [1.82, 2.24) is 0 Å². The van der Waals surface area contributed by atoms with E-state index < -0.39 is 21.7 Å². The molecule has 0 radical (unpaired) electrons. The summed E-state index contributed by atoms with van der Waals surface area (Å²) in [6.07, 6.45) is 0. The maximum absolute atomic E-state index is 13.2. The number of hydrogen-bond donors (Lipinski definition) is 2. The van der Waals surface area contributed by atoms with Crippen molar-refractivity contribution in [2.75, 3.05) is 10.6 Å². The van der Waals surface area contributed by atoms with Crippen molar-refractivity contribution in [3.8, 4) is 0 Å². The average molecular weight is 433 g/mol. The predicted molar refractivity (Wildman–Crippen MR) is 113 cm³/mol. The monoisotopic (exact) mass is 432 g/mol. The molecule has 0 bridgehead atoms. The van der Waals surface area contributed by atoms with Crippen molar-refractivity contribution in [1.29, 1.82) is 0 Å². The molecular formula is C21H18ClFN2O3S. The van der Waals surface area contributed by atoms with E-state index in [1.54, 1.807) is 43.3 Å². The van der Waals surface area contributed by atoms with Gasteiger partial charge < -0.3 is 10.6 Å². The number of anilines is 2. The zero-order chi connectivity index (χ0) is 21.0. The highest BCUT2D eigenvalue weighted by atomic mass is 35.5. The summed E-state index contributed by atoms with van der Waals surface area (Å²) in [7, 11) is -3.60. The van der Waals surface area contributed by atoms with Crippen molar-refractivity contribution >= 4 is 38.8 Å². The summed E-state index contributed by atoms with van der Waals surface area (Å²) in [5.41, 5.74) is 1.87. The quantitative estimate of drug-likeness (QED) is 0.566. The number of urea groups is 1. The number of rotatable bonds is 5. The molecule has 8 heteroatoms. The number of sulfone groups is 1. The van der Waals surface area contributed by atoms with E-state index in [1.165, 1.54) is 18.2 Å². The molecule has 2 N–H and O–H groups in total. The lowest BCUT2D eigenvalue weighted by molar-refractivity contribution is 0.262. The van der Waals surface area contributed by atoms with Crippen LogP contribution in [0, 0.1) is 12.7 Å². The highest BCUT2D eigenvalue weighted by molar-refractivity contribution is 7.90. The van der Waals surface area contributed by atoms with Crippen LogP contribution in [0.2, 0.25) is 5.02 Å². The average Bonchev–Trinajstić information content (AvgIpc) is 2.66. The molecule has 0 fully saturated rings. The maximum Gasteiger partial charge on any atom is 0.323 e. The highest BCUT2D eigenvalue weighted by Gasteiger charge is 2.19. The molecule has 3 rings (SSSR count). The second-order valence-electron chi connectivity index (χ2n) is 6.43. The van der Waals surface area contributed by atoms with Gasteiger partial charge in [-0.15, -0.1) is 0 Å². The van der Waals surface area contributed by atoms with Crippen LogP contribution in [-0.4, -0.2) is 14.4 Å². The van der Waals surface area contributed by atoms with Crippen LogP contribution in [0.5, 0.6) is 0 Å². The van der Waals surface area contributed by atoms with Gasteiger partial charge in [-0.2, -0.15) is 0 Å². The van der Waals surface area contributed by atoms with E-state index in [0.717, 1.165) is 6.07 Å². The first-order valence-electron chi connectivity index (χ1n) is 8.65. The second kappa shape index (κ2) is 8.63. The lowest BCUT2D eigenvalue weighted by atomic mass is 10.2. The van der Waals surface area contributed by atoms with Crippen LogP contribution in [0.15, 0.2) is 71.6 Å². The fourth-order valence-electron chi connectivity index (χ4n) is 2.75. The minimum atomic E-state index is -3.60. The molecule has 0 saturated heterocycles. The summed E-state index contributed by atoms with van der Waals surface area (Å²) < 4.78 is 38.9. The van der Waals surface area contributed by atoms with E-state index in [2.05, 4.69) is 10.6 Å². The Kier molecular flexibility index (Phi) is 6.20. The Morgan fingerprint density at radius 2 is 1.59 bits per heavy atom. The van der Waals surface area contributed by atoms with E-state index in [0.29, 0.717) is 22.5 Å². The third-order valence-corrected chi connectivity index (χ3v) is 6.27. The summed E-state index contributed by atoms with van der Waals surface area (Å²) in [6, 6.07) is 16.7. The highest BCUT2D eigenvalue weighted by Crippen LogP contribution is 2.24. The van der Waals surface area contributed by atoms with Gasteiger partial charge in [0.05, 0.1) is 15.7 Å². The number of hydrogen-bond acceptors (Lipinski definition) is 3. The third kappa shape index (κ3) is 5.34. The molecule has 0 aromatic heterocycles. The predicted octanol–water partition coefficient (Wildman–Crippen LogP) is 5.41. The molecule has 3 aromatic rings. The van der Waals surface area contributed by atoms with Gasteiger partial charge in [0.1, 0.15) is 5.82 Å². The number of aryl methyl sites for hydroxylation is 1. The maximum atomic E-state index is 13.2. The molecule has 29 heavy (non-hydrogen) atoms. The second-order valence-corrected chi connectivity index (χ2v) is 8.80. The zero-order valence-electron chi connectivity index (χ0n) is 15.4. The molecule has 2 amide bonds. The van der Waals surface area contributed by atoms with E-state index in [-0.39, 0.29) is 15.7 Å². The lowest BCUT2D eigenvalue weighted by Crippen LogP contribution is -2.20. The molecule has 0 atom stereocenters. The third-order valence-electron chi connectivity index (χ3n) is 4.16. The van der Waals surface area contributed by atoms with Crippen LogP contribution in [-0.2, 0) is 15.6 Å². The molecule has 0 unspecified atom stereocenters. The van der Waals surface area contributed by atoms with Crippen molar-refractivity contribution in [3.63, 3.8) is 0 Å². The van der Waals surface area contributed by atoms with Crippen LogP contribution in [0.4, 0.5) is 20.6 Å². The molecule has 0 saturated carbocycles. The van der Waals surface area contributed by atoms with Gasteiger partial charge in [0.2, 0.25) is 0 Å². The van der Waals surface area contributed by atoms with Gasteiger partial charge in [-0.05, 0) is 48.4 Å². The molecule has 3 aromatic carbocycles. The van der Waals surface area contributed by atoms with E-state index in [1.807, 2.05) is 6.07 Å². The first-order valence-corrected chi connectivity index (χ1v) is 10.7. The summed E-state index contributed by atoms with van der Waals surface area (Å²) >= 11 is 5.70. The Labute approximate surface area is 173 Å². The molecule has 150 valence electrons. The van der Waals surface area contributed by atoms with Crippen LogP contribution >= 0.6 is 11.6 Å². The van der Waals surface area contributed by atoms with Crippen molar-refractivity contribution in [2.24, 2.45) is 0 Å². The topological polar surface area (TPSA) is 75.3 Å². The molecule has 0 heterocycles. The van der Waals surface area contributed by atoms with Crippen molar-refractivity contribution < 1.29 is 17.6 Å². The molecule has 5 nitrogen and oxygen atoms in total. The van der Waals surface area contributed by atoms with Gasteiger partial charge in [-0.3, -0.25) is 0 Å². The molecule has 0 aliphatic rings. The first-order chi connectivity index (χ1) is 13.7. The number of nitrogens with one attached hydrogen (secondary N) is 2. The fourth-order valence-corrected chi connectivity index (χ4v) is 4.58. The zero-order valence-corrected chi connectivity index (χ0v) is 17.0. The molecule has 0 aliphatic carbocycles. The first kappa shape index (κ1) is 20.8. The summed E-state index contributed by atoms with van der Waals surface area (Å²) in [5.74, 6) is -0.734. The Hall–Kier alpha value is -2.90. The Balaban J connectivity index is 1.77. The number of benzene rings is 3. The van der Waals surface area contributed by atoms with Gasteiger partial charge in [0.15, 0.2) is 9.84 Å². The van der Waals surface area contributed by atoms with Crippen molar-refractivity contribution in [2.45, 2.75) is 17.6 Å².